The van der Waals surface area contributed by atoms with Gasteiger partial charge in [-0.2, -0.15) is 5.26 Å². The summed E-state index contributed by atoms with van der Waals surface area (Å²) in [7, 11) is 1.83. The number of carbonyl (C=O) groups is 1. The fraction of sp³-hybridized carbons (Fsp3) is 0.500. The topological polar surface area (TPSA) is 68.2 Å². The van der Waals surface area contributed by atoms with Crippen molar-refractivity contribution in [1.82, 2.24) is 10.6 Å². The van der Waals surface area contributed by atoms with Gasteiger partial charge in [-0.15, -0.1) is 0 Å². The van der Waals surface area contributed by atoms with E-state index in [-0.39, 0.29) is 12.5 Å². The lowest BCUT2D eigenvalue weighted by molar-refractivity contribution is -0.119. The summed E-state index contributed by atoms with van der Waals surface area (Å²) < 4.78 is 0. The van der Waals surface area contributed by atoms with Gasteiger partial charge in [-0.05, 0) is 30.7 Å². The van der Waals surface area contributed by atoms with Crippen LogP contribution in [-0.2, 0) is 11.3 Å². The monoisotopic (exact) mass is 288 g/mol. The molecule has 0 aliphatic carbocycles. The van der Waals surface area contributed by atoms with Gasteiger partial charge in [0.2, 0.25) is 5.91 Å². The Morgan fingerprint density at radius 1 is 1.38 bits per heavy atom. The van der Waals surface area contributed by atoms with Crippen LogP contribution >= 0.6 is 0 Å². The van der Waals surface area contributed by atoms with Gasteiger partial charge in [0, 0.05) is 20.1 Å². The number of rotatable bonds is 8. The fourth-order valence-electron chi connectivity index (χ4n) is 2.01. The van der Waals surface area contributed by atoms with E-state index in [1.54, 1.807) is 4.90 Å². The van der Waals surface area contributed by atoms with Gasteiger partial charge in [-0.3, -0.25) is 4.79 Å². The average molecular weight is 288 g/mol. The van der Waals surface area contributed by atoms with E-state index in [0.717, 1.165) is 30.8 Å². The van der Waals surface area contributed by atoms with Crippen molar-refractivity contribution in [3.63, 3.8) is 0 Å². The molecule has 114 valence electrons. The summed E-state index contributed by atoms with van der Waals surface area (Å²) in [5.41, 5.74) is 2.45. The van der Waals surface area contributed by atoms with E-state index >= 15 is 0 Å². The highest BCUT2D eigenvalue weighted by Gasteiger charge is 2.11. The predicted molar refractivity (Wildman–Crippen MR) is 85.1 cm³/mol. The first kappa shape index (κ1) is 17.0. The quantitative estimate of drug-likeness (QED) is 0.763. The third-order valence-electron chi connectivity index (χ3n) is 3.12. The Kier molecular flexibility index (Phi) is 7.27. The molecule has 0 unspecified atom stereocenters. The molecule has 21 heavy (non-hydrogen) atoms. The number of nitrogens with one attached hydrogen (secondary N) is 2. The summed E-state index contributed by atoms with van der Waals surface area (Å²) in [4.78, 5) is 13.6. The highest BCUT2D eigenvalue weighted by Crippen LogP contribution is 2.20. The van der Waals surface area contributed by atoms with Gasteiger partial charge in [0.15, 0.2) is 0 Å². The smallest absolute Gasteiger partial charge is 0.239 e. The minimum absolute atomic E-state index is 0.0278. The highest BCUT2D eigenvalue weighted by atomic mass is 16.2. The third kappa shape index (κ3) is 5.44. The molecule has 0 atom stereocenters. The Labute approximate surface area is 126 Å². The van der Waals surface area contributed by atoms with Crippen molar-refractivity contribution in [3.8, 4) is 6.07 Å². The van der Waals surface area contributed by atoms with Gasteiger partial charge in [-0.1, -0.05) is 19.9 Å². The number of nitriles is 1. The molecule has 1 amide bonds. The van der Waals surface area contributed by atoms with Crippen LogP contribution in [0.25, 0.3) is 0 Å². The Bertz CT molecular complexity index is 507. The summed E-state index contributed by atoms with van der Waals surface area (Å²) in [6.45, 7) is 6.62. The molecular formula is C16H24N4O. The highest BCUT2D eigenvalue weighted by molar-refractivity contribution is 5.81. The molecular weight excluding hydrogens is 264 g/mol. The fourth-order valence-corrected chi connectivity index (χ4v) is 2.01. The van der Waals surface area contributed by atoms with Gasteiger partial charge in [-0.25, -0.2) is 0 Å². The van der Waals surface area contributed by atoms with Gasteiger partial charge in [0.25, 0.3) is 0 Å². The van der Waals surface area contributed by atoms with E-state index in [0.29, 0.717) is 12.1 Å². The number of hydrogen-bond acceptors (Lipinski definition) is 4. The molecule has 1 aromatic rings. The maximum Gasteiger partial charge on any atom is 0.239 e. The second-order valence-electron chi connectivity index (χ2n) is 4.95. The molecule has 0 radical (unpaired) electrons. The van der Waals surface area contributed by atoms with Crippen molar-refractivity contribution in [1.29, 1.82) is 5.26 Å². The largest absolute Gasteiger partial charge is 0.364 e. The number of benzene rings is 1. The molecule has 5 heteroatoms. The van der Waals surface area contributed by atoms with Crippen molar-refractivity contribution in [2.75, 3.05) is 31.6 Å². The molecule has 0 bridgehead atoms. The molecule has 0 spiro atoms. The first-order valence-electron chi connectivity index (χ1n) is 7.33. The molecule has 0 heterocycles. The van der Waals surface area contributed by atoms with Crippen LogP contribution in [0.2, 0.25) is 0 Å². The van der Waals surface area contributed by atoms with E-state index in [1.807, 2.05) is 39.1 Å². The zero-order valence-corrected chi connectivity index (χ0v) is 13.1. The number of anilines is 1. The Morgan fingerprint density at radius 3 is 2.76 bits per heavy atom. The molecule has 0 saturated heterocycles. The van der Waals surface area contributed by atoms with E-state index in [4.69, 9.17) is 0 Å². The van der Waals surface area contributed by atoms with Crippen LogP contribution in [0, 0.1) is 11.3 Å². The van der Waals surface area contributed by atoms with E-state index in [1.165, 1.54) is 0 Å². The summed E-state index contributed by atoms with van der Waals surface area (Å²) in [5, 5.41) is 15.4. The van der Waals surface area contributed by atoms with E-state index in [9.17, 15) is 10.1 Å². The van der Waals surface area contributed by atoms with Crippen molar-refractivity contribution in [2.24, 2.45) is 0 Å². The minimum Gasteiger partial charge on any atom is -0.364 e. The molecule has 1 rings (SSSR count). The van der Waals surface area contributed by atoms with Crippen LogP contribution in [0.15, 0.2) is 18.2 Å². The van der Waals surface area contributed by atoms with Crippen LogP contribution < -0.4 is 15.5 Å². The van der Waals surface area contributed by atoms with Crippen molar-refractivity contribution >= 4 is 11.6 Å². The molecule has 0 aliphatic heterocycles. The number of amides is 1. The predicted octanol–water partition coefficient (Wildman–Crippen LogP) is 1.63. The third-order valence-corrected chi connectivity index (χ3v) is 3.12. The summed E-state index contributed by atoms with van der Waals surface area (Å²) in [6.07, 6.45) is 0.915. The van der Waals surface area contributed by atoms with Crippen LogP contribution in [0.3, 0.4) is 0 Å². The molecule has 2 N–H and O–H groups in total. The molecule has 1 aromatic carbocycles. The zero-order valence-electron chi connectivity index (χ0n) is 13.1. The van der Waals surface area contributed by atoms with Gasteiger partial charge >= 0.3 is 0 Å². The van der Waals surface area contributed by atoms with Crippen molar-refractivity contribution in [3.05, 3.63) is 29.3 Å². The second kappa shape index (κ2) is 8.98. The standard InChI is InChI=1S/C16H24N4O/c1-4-8-19-16(21)12-20(3)15-7-6-13(11-18-5-2)9-14(15)10-17/h6-7,9,18H,4-5,8,11-12H2,1-3H3,(H,19,21). The summed E-state index contributed by atoms with van der Waals surface area (Å²) >= 11 is 0. The Hall–Kier alpha value is -2.06. The van der Waals surface area contributed by atoms with Gasteiger partial charge in [0.1, 0.15) is 6.07 Å². The minimum atomic E-state index is -0.0278. The number of hydrogen-bond donors (Lipinski definition) is 2. The summed E-state index contributed by atoms with van der Waals surface area (Å²) in [6, 6.07) is 7.97. The first-order valence-corrected chi connectivity index (χ1v) is 7.33. The average Bonchev–Trinajstić information content (AvgIpc) is 2.50. The van der Waals surface area contributed by atoms with Crippen molar-refractivity contribution < 1.29 is 4.79 Å². The Balaban J connectivity index is 2.77. The van der Waals surface area contributed by atoms with Crippen LogP contribution in [0.4, 0.5) is 5.69 Å². The van der Waals surface area contributed by atoms with Crippen LogP contribution in [0.1, 0.15) is 31.4 Å². The lowest BCUT2D eigenvalue weighted by atomic mass is 10.1. The maximum absolute atomic E-state index is 11.7. The summed E-state index contributed by atoms with van der Waals surface area (Å²) in [5.74, 6) is -0.0278. The van der Waals surface area contributed by atoms with Crippen LogP contribution in [0.5, 0.6) is 0 Å². The first-order chi connectivity index (χ1) is 10.1. The Morgan fingerprint density at radius 2 is 2.14 bits per heavy atom. The number of likely N-dealkylation sites (N-methyl/N-ethyl adjacent to an activating group) is 1. The van der Waals surface area contributed by atoms with Crippen LogP contribution in [-0.4, -0.2) is 32.6 Å². The molecule has 5 nitrogen and oxygen atoms in total. The normalized spacial score (nSPS) is 10.0. The zero-order chi connectivity index (χ0) is 15.7. The molecule has 0 aromatic heterocycles. The number of nitrogens with zero attached hydrogens (tertiary/aromatic N) is 2. The number of carbonyl (C=O) groups excluding carboxylic acids is 1. The SMILES string of the molecule is CCCNC(=O)CN(C)c1ccc(CNCC)cc1C#N. The van der Waals surface area contributed by atoms with Gasteiger partial charge < -0.3 is 15.5 Å². The second-order valence-corrected chi connectivity index (χ2v) is 4.95. The van der Waals surface area contributed by atoms with E-state index in [2.05, 4.69) is 16.7 Å². The lowest BCUT2D eigenvalue weighted by Crippen LogP contribution is -2.35. The van der Waals surface area contributed by atoms with Crippen molar-refractivity contribution in [2.45, 2.75) is 26.8 Å². The lowest BCUT2D eigenvalue weighted by Gasteiger charge is -2.20. The molecule has 0 fully saturated rings. The maximum atomic E-state index is 11.7. The van der Waals surface area contributed by atoms with E-state index < -0.39 is 0 Å². The molecule has 0 saturated carbocycles. The molecule has 0 aliphatic rings. The van der Waals surface area contributed by atoms with Gasteiger partial charge in [0.05, 0.1) is 17.8 Å².